The number of hydrogen-bond acceptors (Lipinski definition) is 5. The Morgan fingerprint density at radius 3 is 2.48 bits per heavy atom. The van der Waals surface area contributed by atoms with Gasteiger partial charge in [0.25, 0.3) is 5.91 Å². The van der Waals surface area contributed by atoms with Gasteiger partial charge in [0.2, 0.25) is 0 Å². The van der Waals surface area contributed by atoms with Crippen LogP contribution >= 0.6 is 0 Å². The van der Waals surface area contributed by atoms with Crippen LogP contribution in [0.25, 0.3) is 0 Å². The molecule has 0 radical (unpaired) electrons. The lowest BCUT2D eigenvalue weighted by Crippen LogP contribution is -2.31. The lowest BCUT2D eigenvalue weighted by molar-refractivity contribution is -0.153. The first-order valence-corrected chi connectivity index (χ1v) is 8.93. The summed E-state index contributed by atoms with van der Waals surface area (Å²) in [5.41, 5.74) is 1.29. The molecule has 1 N–H and O–H groups in total. The molecule has 0 fully saturated rings. The second kappa shape index (κ2) is 9.31. The van der Waals surface area contributed by atoms with Crippen LogP contribution in [0.3, 0.4) is 0 Å². The van der Waals surface area contributed by atoms with Gasteiger partial charge < -0.3 is 19.4 Å². The van der Waals surface area contributed by atoms with E-state index in [2.05, 4.69) is 5.32 Å². The molecule has 1 aromatic carbocycles. The fourth-order valence-corrected chi connectivity index (χ4v) is 2.70. The zero-order valence-corrected chi connectivity index (χ0v) is 16.5. The molecule has 7 nitrogen and oxygen atoms in total. The molecule has 1 amide bonds. The normalized spacial score (nSPS) is 11.7. The Hall–Kier alpha value is -3.23. The molecule has 0 aliphatic heterocycles. The van der Waals surface area contributed by atoms with Crippen LogP contribution in [0, 0.1) is 25.5 Å². The summed E-state index contributed by atoms with van der Waals surface area (Å²) in [5.74, 6) is -3.70. The number of nitrogens with zero attached hydrogens (tertiary/aromatic N) is 1. The number of rotatable bonds is 7. The largest absolute Gasteiger partial charge is 0.462 e. The van der Waals surface area contributed by atoms with Crippen molar-refractivity contribution in [3.8, 4) is 0 Å². The molecule has 0 saturated carbocycles. The molecule has 0 aliphatic carbocycles. The Kier molecular flexibility index (Phi) is 7.08. The number of carbonyl (C=O) groups is 3. The van der Waals surface area contributed by atoms with E-state index < -0.39 is 35.6 Å². The maximum atomic E-state index is 13.6. The highest BCUT2D eigenvalue weighted by Gasteiger charge is 2.22. The molecule has 0 spiro atoms. The maximum absolute atomic E-state index is 13.6. The minimum atomic E-state index is -1.22. The number of amides is 1. The summed E-state index contributed by atoms with van der Waals surface area (Å²) in [7, 11) is 0. The van der Waals surface area contributed by atoms with Crippen LogP contribution in [0.2, 0.25) is 0 Å². The van der Waals surface area contributed by atoms with Crippen LogP contribution in [0.1, 0.15) is 35.6 Å². The number of aromatic nitrogens is 1. The number of hydrogen-bond donors (Lipinski definition) is 1. The first-order chi connectivity index (χ1) is 13.6. The molecule has 0 bridgehead atoms. The molecule has 9 heteroatoms. The van der Waals surface area contributed by atoms with Crippen LogP contribution in [-0.2, 0) is 25.6 Å². The van der Waals surface area contributed by atoms with E-state index in [0.717, 1.165) is 12.1 Å². The topological polar surface area (TPSA) is 86.6 Å². The Morgan fingerprint density at radius 2 is 1.86 bits per heavy atom. The average Bonchev–Trinajstić information content (AvgIpc) is 2.92. The quantitative estimate of drug-likeness (QED) is 0.712. The second-order valence-corrected chi connectivity index (χ2v) is 6.34. The summed E-state index contributed by atoms with van der Waals surface area (Å²) in [6.45, 7) is 6.41. The van der Waals surface area contributed by atoms with E-state index in [1.807, 2.05) is 0 Å². The van der Waals surface area contributed by atoms with Gasteiger partial charge in [-0.1, -0.05) is 0 Å². The van der Waals surface area contributed by atoms with Crippen LogP contribution in [0.15, 0.2) is 24.3 Å². The summed E-state index contributed by atoms with van der Waals surface area (Å²) >= 11 is 0. The monoisotopic (exact) mass is 408 g/mol. The van der Waals surface area contributed by atoms with E-state index in [1.54, 1.807) is 31.4 Å². The first kappa shape index (κ1) is 22.1. The number of benzene rings is 1. The van der Waals surface area contributed by atoms with Gasteiger partial charge in [-0.25, -0.2) is 13.6 Å². The minimum Gasteiger partial charge on any atom is -0.462 e. The summed E-state index contributed by atoms with van der Waals surface area (Å²) in [6, 6.07) is 4.30. The van der Waals surface area contributed by atoms with Gasteiger partial charge in [0.05, 0.1) is 17.9 Å². The average molecular weight is 408 g/mol. The predicted molar refractivity (Wildman–Crippen MR) is 100 cm³/mol. The predicted octanol–water partition coefficient (Wildman–Crippen LogP) is 3.13. The lowest BCUT2D eigenvalue weighted by atomic mass is 10.2. The highest BCUT2D eigenvalue weighted by molar-refractivity contribution is 5.95. The van der Waals surface area contributed by atoms with Gasteiger partial charge in [-0.15, -0.1) is 0 Å². The standard InChI is InChI=1S/C20H22F2N2O5/c1-5-28-20(27)15-8-11(2)24(12(15)3)10-18(25)29-13(4)19(26)23-17-7-6-14(21)9-16(17)22/h6-9,13H,5,10H2,1-4H3,(H,23,26)/t13-/m1/s1. The van der Waals surface area contributed by atoms with Gasteiger partial charge in [0.15, 0.2) is 6.10 Å². The summed E-state index contributed by atoms with van der Waals surface area (Å²) in [6.07, 6.45) is -1.22. The third-order valence-corrected chi connectivity index (χ3v) is 4.22. The van der Waals surface area contributed by atoms with E-state index in [0.29, 0.717) is 23.0 Å². The number of ether oxygens (including phenoxy) is 2. The van der Waals surface area contributed by atoms with Gasteiger partial charge in [0.1, 0.15) is 18.2 Å². The van der Waals surface area contributed by atoms with Crippen molar-refractivity contribution in [2.24, 2.45) is 0 Å². The molecular weight excluding hydrogens is 386 g/mol. The van der Waals surface area contributed by atoms with Crippen molar-refractivity contribution in [2.45, 2.75) is 40.3 Å². The zero-order valence-electron chi connectivity index (χ0n) is 16.5. The number of halogens is 2. The van der Waals surface area contributed by atoms with Crippen molar-refractivity contribution in [3.63, 3.8) is 0 Å². The van der Waals surface area contributed by atoms with Crippen LogP contribution in [-0.4, -0.2) is 35.1 Å². The Morgan fingerprint density at radius 1 is 1.17 bits per heavy atom. The van der Waals surface area contributed by atoms with Crippen molar-refractivity contribution in [1.29, 1.82) is 0 Å². The number of aryl methyl sites for hydroxylation is 1. The highest BCUT2D eigenvalue weighted by atomic mass is 19.1. The van der Waals surface area contributed by atoms with Crippen molar-refractivity contribution < 1.29 is 32.6 Å². The molecule has 2 aromatic rings. The van der Waals surface area contributed by atoms with Crippen LogP contribution < -0.4 is 5.32 Å². The molecule has 29 heavy (non-hydrogen) atoms. The fraction of sp³-hybridized carbons (Fsp3) is 0.350. The van der Waals surface area contributed by atoms with Gasteiger partial charge in [0, 0.05) is 17.5 Å². The molecule has 0 saturated heterocycles. The molecule has 1 heterocycles. The van der Waals surface area contributed by atoms with E-state index in [-0.39, 0.29) is 18.8 Å². The van der Waals surface area contributed by atoms with Crippen molar-refractivity contribution in [1.82, 2.24) is 4.57 Å². The summed E-state index contributed by atoms with van der Waals surface area (Å²) in [5, 5.41) is 2.24. The van der Waals surface area contributed by atoms with E-state index in [4.69, 9.17) is 9.47 Å². The Bertz CT molecular complexity index is 939. The number of carbonyl (C=O) groups excluding carboxylic acids is 3. The SMILES string of the molecule is CCOC(=O)c1cc(C)n(CC(=O)O[C@H](C)C(=O)Nc2ccc(F)cc2F)c1C. The third-order valence-electron chi connectivity index (χ3n) is 4.22. The van der Waals surface area contributed by atoms with Crippen molar-refractivity contribution in [3.05, 3.63) is 52.9 Å². The molecule has 1 atom stereocenters. The highest BCUT2D eigenvalue weighted by Crippen LogP contribution is 2.18. The molecular formula is C20H22F2N2O5. The molecule has 0 unspecified atom stereocenters. The van der Waals surface area contributed by atoms with Crippen LogP contribution in [0.5, 0.6) is 0 Å². The van der Waals surface area contributed by atoms with Gasteiger partial charge in [-0.3, -0.25) is 9.59 Å². The van der Waals surface area contributed by atoms with Crippen molar-refractivity contribution >= 4 is 23.5 Å². The van der Waals surface area contributed by atoms with E-state index >= 15 is 0 Å². The number of nitrogens with one attached hydrogen (secondary N) is 1. The van der Waals surface area contributed by atoms with Crippen molar-refractivity contribution in [2.75, 3.05) is 11.9 Å². The number of esters is 2. The third kappa shape index (κ3) is 5.40. The summed E-state index contributed by atoms with van der Waals surface area (Å²) < 4.78 is 38.2. The van der Waals surface area contributed by atoms with Gasteiger partial charge >= 0.3 is 11.9 Å². The van der Waals surface area contributed by atoms with Crippen LogP contribution in [0.4, 0.5) is 14.5 Å². The molecule has 2 rings (SSSR count). The lowest BCUT2D eigenvalue weighted by Gasteiger charge is -2.15. The number of anilines is 1. The van der Waals surface area contributed by atoms with E-state index in [1.165, 1.54) is 6.92 Å². The Balaban J connectivity index is 2.01. The molecule has 156 valence electrons. The second-order valence-electron chi connectivity index (χ2n) is 6.34. The Labute approximate surface area is 166 Å². The smallest absolute Gasteiger partial charge is 0.339 e. The summed E-state index contributed by atoms with van der Waals surface area (Å²) in [4.78, 5) is 36.3. The maximum Gasteiger partial charge on any atom is 0.339 e. The minimum absolute atomic E-state index is 0.223. The zero-order chi connectivity index (χ0) is 21.7. The molecule has 1 aromatic heterocycles. The fourth-order valence-electron chi connectivity index (χ4n) is 2.70. The van der Waals surface area contributed by atoms with Gasteiger partial charge in [-0.2, -0.15) is 0 Å². The van der Waals surface area contributed by atoms with Gasteiger partial charge in [-0.05, 0) is 45.9 Å². The first-order valence-electron chi connectivity index (χ1n) is 8.93. The van der Waals surface area contributed by atoms with E-state index in [9.17, 15) is 23.2 Å². The molecule has 0 aliphatic rings.